The van der Waals surface area contributed by atoms with E-state index in [0.29, 0.717) is 13.1 Å². The quantitative estimate of drug-likeness (QED) is 0.684. The van der Waals surface area contributed by atoms with Crippen molar-refractivity contribution in [3.63, 3.8) is 0 Å². The molecule has 2 rings (SSSR count). The number of pyridine rings is 1. The van der Waals surface area contributed by atoms with Crippen LogP contribution in [0.2, 0.25) is 0 Å². The Balaban J connectivity index is 2.39. The molecule has 1 aliphatic rings. The first-order chi connectivity index (χ1) is 8.30. The zero-order valence-corrected chi connectivity index (χ0v) is 10.8. The van der Waals surface area contributed by atoms with Crippen LogP contribution in [0.3, 0.4) is 0 Å². The van der Waals surface area contributed by atoms with Gasteiger partial charge in [0.2, 0.25) is 5.91 Å². The number of aromatic nitrogens is 1. The fourth-order valence-corrected chi connectivity index (χ4v) is 1.94. The molecular weight excluding hydrogens is 232 g/mol. The molecule has 0 saturated heterocycles. The van der Waals surface area contributed by atoms with E-state index in [0.717, 1.165) is 0 Å². The molecule has 96 valence electrons. The standard InChI is InChI=1S/C13H16N2O3/c1-13(2,3)12(18)15-7-6-14-5-4-9(16)8-10(14)11(15)17/h4-5,8H,6-7H2,1-3H3. The molecule has 0 radical (unpaired) electrons. The Morgan fingerprint density at radius 1 is 1.22 bits per heavy atom. The second-order valence-corrected chi connectivity index (χ2v) is 5.45. The zero-order chi connectivity index (χ0) is 13.5. The van der Waals surface area contributed by atoms with Crippen LogP contribution in [0.1, 0.15) is 31.3 Å². The van der Waals surface area contributed by atoms with Crippen LogP contribution in [0.4, 0.5) is 0 Å². The van der Waals surface area contributed by atoms with Gasteiger partial charge in [-0.25, -0.2) is 0 Å². The third-order valence-corrected chi connectivity index (χ3v) is 2.92. The summed E-state index contributed by atoms with van der Waals surface area (Å²) in [5.41, 5.74) is -0.543. The van der Waals surface area contributed by atoms with E-state index in [1.807, 2.05) is 0 Å². The lowest BCUT2D eigenvalue weighted by Crippen LogP contribution is -2.49. The summed E-state index contributed by atoms with van der Waals surface area (Å²) in [5, 5.41) is 0. The minimum absolute atomic E-state index is 0.213. The third-order valence-electron chi connectivity index (χ3n) is 2.92. The average molecular weight is 248 g/mol. The fraction of sp³-hybridized carbons (Fsp3) is 0.462. The molecule has 0 atom stereocenters. The summed E-state index contributed by atoms with van der Waals surface area (Å²) in [7, 11) is 0. The Morgan fingerprint density at radius 3 is 2.50 bits per heavy atom. The second kappa shape index (κ2) is 4.08. The number of amides is 2. The topological polar surface area (TPSA) is 59.4 Å². The monoisotopic (exact) mass is 248 g/mol. The van der Waals surface area contributed by atoms with E-state index in [1.54, 1.807) is 31.5 Å². The van der Waals surface area contributed by atoms with Gasteiger partial charge in [-0.2, -0.15) is 0 Å². The number of carbonyl (C=O) groups excluding carboxylic acids is 2. The Bertz CT molecular complexity index is 566. The summed E-state index contributed by atoms with van der Waals surface area (Å²) in [4.78, 5) is 36.9. The van der Waals surface area contributed by atoms with Crippen molar-refractivity contribution in [2.45, 2.75) is 27.3 Å². The first kappa shape index (κ1) is 12.5. The molecule has 1 aliphatic heterocycles. The number of imide groups is 1. The van der Waals surface area contributed by atoms with Gasteiger partial charge in [0.25, 0.3) is 5.91 Å². The Labute approximate surface area is 105 Å². The molecule has 18 heavy (non-hydrogen) atoms. The maximum atomic E-state index is 12.2. The predicted octanol–water partition coefficient (Wildman–Crippen LogP) is 0.877. The van der Waals surface area contributed by atoms with E-state index in [9.17, 15) is 14.4 Å². The predicted molar refractivity (Wildman–Crippen MR) is 66.2 cm³/mol. The lowest BCUT2D eigenvalue weighted by molar-refractivity contribution is -0.137. The molecular formula is C13H16N2O3. The normalized spacial score (nSPS) is 15.5. The van der Waals surface area contributed by atoms with Crippen LogP contribution in [-0.2, 0) is 11.3 Å². The number of fused-ring (bicyclic) bond motifs is 1. The van der Waals surface area contributed by atoms with Crippen molar-refractivity contribution in [2.75, 3.05) is 6.54 Å². The zero-order valence-electron chi connectivity index (χ0n) is 10.8. The van der Waals surface area contributed by atoms with Crippen molar-refractivity contribution >= 4 is 11.8 Å². The van der Waals surface area contributed by atoms with Gasteiger partial charge in [-0.1, -0.05) is 20.8 Å². The van der Waals surface area contributed by atoms with Gasteiger partial charge in [0.05, 0.1) is 0 Å². The van der Waals surface area contributed by atoms with E-state index in [2.05, 4.69) is 0 Å². The molecule has 2 heterocycles. The maximum absolute atomic E-state index is 12.2. The first-order valence-electron chi connectivity index (χ1n) is 5.87. The van der Waals surface area contributed by atoms with E-state index < -0.39 is 5.41 Å². The highest BCUT2D eigenvalue weighted by Crippen LogP contribution is 2.21. The number of hydrogen-bond acceptors (Lipinski definition) is 3. The molecule has 1 aromatic rings. The number of rotatable bonds is 0. The summed E-state index contributed by atoms with van der Waals surface area (Å²) >= 11 is 0. The molecule has 0 spiro atoms. The highest BCUT2D eigenvalue weighted by atomic mass is 16.2. The van der Waals surface area contributed by atoms with Crippen molar-refractivity contribution in [2.24, 2.45) is 5.41 Å². The fourth-order valence-electron chi connectivity index (χ4n) is 1.94. The van der Waals surface area contributed by atoms with E-state index in [1.165, 1.54) is 17.0 Å². The van der Waals surface area contributed by atoms with Crippen molar-refractivity contribution in [3.05, 3.63) is 34.2 Å². The molecule has 0 unspecified atom stereocenters. The van der Waals surface area contributed by atoms with Gasteiger partial charge in [0.15, 0.2) is 5.43 Å². The number of nitrogens with zero attached hydrogens (tertiary/aromatic N) is 2. The molecule has 2 amide bonds. The van der Waals surface area contributed by atoms with E-state index in [4.69, 9.17) is 0 Å². The van der Waals surface area contributed by atoms with Crippen LogP contribution in [0.25, 0.3) is 0 Å². The van der Waals surface area contributed by atoms with E-state index >= 15 is 0 Å². The average Bonchev–Trinajstić information content (AvgIpc) is 2.28. The summed E-state index contributed by atoms with van der Waals surface area (Å²) in [6.45, 7) is 6.20. The molecule has 0 aromatic carbocycles. The molecule has 0 N–H and O–H groups in total. The van der Waals surface area contributed by atoms with Gasteiger partial charge in [0, 0.05) is 36.8 Å². The molecule has 0 bridgehead atoms. The minimum Gasteiger partial charge on any atom is -0.341 e. The van der Waals surface area contributed by atoms with Crippen LogP contribution in [0, 0.1) is 5.41 Å². The molecule has 0 aliphatic carbocycles. The largest absolute Gasteiger partial charge is 0.341 e. The molecule has 5 heteroatoms. The van der Waals surface area contributed by atoms with Gasteiger partial charge >= 0.3 is 0 Å². The summed E-state index contributed by atoms with van der Waals surface area (Å²) in [6.07, 6.45) is 1.59. The number of carbonyl (C=O) groups is 2. The van der Waals surface area contributed by atoms with Gasteiger partial charge in [0.1, 0.15) is 5.69 Å². The van der Waals surface area contributed by atoms with Gasteiger partial charge < -0.3 is 4.57 Å². The summed E-state index contributed by atoms with van der Waals surface area (Å²) < 4.78 is 1.70. The Hall–Kier alpha value is -1.91. The van der Waals surface area contributed by atoms with Crippen LogP contribution >= 0.6 is 0 Å². The molecule has 0 saturated carbocycles. The third kappa shape index (κ3) is 2.08. The minimum atomic E-state index is -0.604. The molecule has 5 nitrogen and oxygen atoms in total. The Kier molecular flexibility index (Phi) is 2.84. The van der Waals surface area contributed by atoms with Crippen LogP contribution < -0.4 is 5.43 Å². The van der Waals surface area contributed by atoms with Gasteiger partial charge in [-0.05, 0) is 0 Å². The molecule has 0 fully saturated rings. The second-order valence-electron chi connectivity index (χ2n) is 5.45. The van der Waals surface area contributed by atoms with Gasteiger partial charge in [-0.15, -0.1) is 0 Å². The van der Waals surface area contributed by atoms with Crippen LogP contribution in [0.5, 0.6) is 0 Å². The number of hydrogen-bond donors (Lipinski definition) is 0. The van der Waals surface area contributed by atoms with E-state index in [-0.39, 0.29) is 22.9 Å². The Morgan fingerprint density at radius 2 is 1.89 bits per heavy atom. The van der Waals surface area contributed by atoms with Crippen molar-refractivity contribution in [1.29, 1.82) is 0 Å². The van der Waals surface area contributed by atoms with Crippen LogP contribution in [-0.4, -0.2) is 27.8 Å². The van der Waals surface area contributed by atoms with Gasteiger partial charge in [-0.3, -0.25) is 19.3 Å². The highest BCUT2D eigenvalue weighted by molar-refractivity contribution is 6.05. The SMILES string of the molecule is CC(C)(C)C(=O)N1CCn2ccc(=O)cc2C1=O. The maximum Gasteiger partial charge on any atom is 0.277 e. The highest BCUT2D eigenvalue weighted by Gasteiger charge is 2.34. The lowest BCUT2D eigenvalue weighted by Gasteiger charge is -2.32. The summed E-state index contributed by atoms with van der Waals surface area (Å²) in [6, 6.07) is 2.70. The lowest BCUT2D eigenvalue weighted by atomic mass is 9.94. The smallest absolute Gasteiger partial charge is 0.277 e. The summed E-state index contributed by atoms with van der Waals surface area (Å²) in [5.74, 6) is -0.603. The van der Waals surface area contributed by atoms with Crippen molar-refractivity contribution in [1.82, 2.24) is 9.47 Å². The first-order valence-corrected chi connectivity index (χ1v) is 5.87. The molecule has 1 aromatic heterocycles. The van der Waals surface area contributed by atoms with Crippen molar-refractivity contribution in [3.8, 4) is 0 Å². The van der Waals surface area contributed by atoms with Crippen molar-refractivity contribution < 1.29 is 9.59 Å². The van der Waals surface area contributed by atoms with Crippen LogP contribution in [0.15, 0.2) is 23.1 Å².